The summed E-state index contributed by atoms with van der Waals surface area (Å²) >= 11 is 0. The number of hydrogen-bond acceptors (Lipinski definition) is 5. The topological polar surface area (TPSA) is 104 Å². The predicted octanol–water partition coefficient (Wildman–Crippen LogP) is 2.38. The Morgan fingerprint density at radius 1 is 0.966 bits per heavy atom. The van der Waals surface area contributed by atoms with Gasteiger partial charge < -0.3 is 5.32 Å². The summed E-state index contributed by atoms with van der Waals surface area (Å²) in [7, 11) is 0. The van der Waals surface area contributed by atoms with Crippen molar-refractivity contribution in [2.45, 2.75) is 6.42 Å². The third-order valence-electron chi connectivity index (χ3n) is 4.70. The predicted molar refractivity (Wildman–Crippen MR) is 111 cm³/mol. The second-order valence-electron chi connectivity index (χ2n) is 6.44. The summed E-state index contributed by atoms with van der Waals surface area (Å²) in [6.07, 6.45) is -0.239. The van der Waals surface area contributed by atoms with Crippen LogP contribution in [0.1, 0.15) is 6.42 Å². The van der Waals surface area contributed by atoms with Crippen molar-refractivity contribution >= 4 is 69.2 Å². The fourth-order valence-corrected chi connectivity index (χ4v) is 3.47. The Labute approximate surface area is 187 Å². The third-order valence-corrected chi connectivity index (χ3v) is 4.70. The maximum absolute atomic E-state index is 12.9. The number of amides is 2. The number of rotatable bonds is 2. The van der Waals surface area contributed by atoms with E-state index in [0.29, 0.717) is 22.9 Å². The molecule has 138 valence electrons. The quantitative estimate of drug-likeness (QED) is 0.401. The fraction of sp³-hybridized carbons (Fsp3) is 0.0500. The summed E-state index contributed by atoms with van der Waals surface area (Å²) in [6, 6.07) is 18.8. The molecule has 1 aliphatic rings. The minimum atomic E-state index is -0.333. The molecule has 0 saturated heterocycles. The van der Waals surface area contributed by atoms with E-state index in [1.165, 1.54) is 0 Å². The molecular weight excluding hydrogens is 379 g/mol. The Bertz CT molecular complexity index is 1220. The van der Waals surface area contributed by atoms with Crippen LogP contribution in [0.5, 0.6) is 0 Å². The van der Waals surface area contributed by atoms with E-state index in [-0.39, 0.29) is 47.8 Å². The number of benzene rings is 3. The summed E-state index contributed by atoms with van der Waals surface area (Å²) in [5.41, 5.74) is 2.62. The van der Waals surface area contributed by atoms with Crippen molar-refractivity contribution in [2.75, 3.05) is 10.2 Å². The van der Waals surface area contributed by atoms with Crippen LogP contribution in [0.4, 0.5) is 17.1 Å². The molecule has 0 atom stereocenters. The Kier molecular flexibility index (Phi) is 5.14. The van der Waals surface area contributed by atoms with E-state index in [4.69, 9.17) is 0 Å². The monoisotopic (exact) mass is 394 g/mol. The van der Waals surface area contributed by atoms with Crippen LogP contribution in [-0.2, 0) is 9.59 Å². The Balaban J connectivity index is 0.00000205. The number of tetrazole rings is 1. The molecule has 0 radical (unpaired) electrons. The van der Waals surface area contributed by atoms with Crippen LogP contribution in [0.2, 0.25) is 0 Å². The van der Waals surface area contributed by atoms with E-state index in [1.54, 1.807) is 4.90 Å². The Morgan fingerprint density at radius 2 is 1.83 bits per heavy atom. The molecule has 0 aliphatic carbocycles. The van der Waals surface area contributed by atoms with E-state index >= 15 is 0 Å². The van der Waals surface area contributed by atoms with Crippen molar-refractivity contribution in [3.63, 3.8) is 0 Å². The van der Waals surface area contributed by atoms with Gasteiger partial charge in [0, 0.05) is 16.6 Å². The SMILES string of the molecule is O=C1CC(=O)N(c2cccc(-c3nnn[nH]3)c2)c2ccc3ccccc3c2N1.[NaH]. The van der Waals surface area contributed by atoms with Crippen molar-refractivity contribution in [3.05, 3.63) is 60.7 Å². The van der Waals surface area contributed by atoms with Gasteiger partial charge in [-0.05, 0) is 34.0 Å². The third kappa shape index (κ3) is 3.42. The Hall–Kier alpha value is -3.07. The number of nitrogens with zero attached hydrogens (tertiary/aromatic N) is 4. The second-order valence-corrected chi connectivity index (χ2v) is 6.44. The molecule has 9 heteroatoms. The first-order valence-electron chi connectivity index (χ1n) is 8.69. The molecule has 2 amide bonds. The molecule has 0 unspecified atom stereocenters. The molecular formula is C20H15N6NaO2. The first-order valence-corrected chi connectivity index (χ1v) is 8.69. The molecule has 0 bridgehead atoms. The Morgan fingerprint density at radius 3 is 2.66 bits per heavy atom. The normalized spacial score (nSPS) is 13.4. The molecule has 2 heterocycles. The van der Waals surface area contributed by atoms with Gasteiger partial charge in [-0.15, -0.1) is 5.10 Å². The standard InChI is InChI=1S/C20H14N6O2.Na.H/c27-17-11-18(28)26(14-6-3-5-13(10-14)20-22-24-25-23-20)16-9-8-12-4-1-2-7-15(12)19(16)21-17;;/h1-10H,11H2,(H,21,27)(H,22,23,24,25);;. The van der Waals surface area contributed by atoms with Crippen LogP contribution in [0.15, 0.2) is 60.7 Å². The zero-order valence-electron chi connectivity index (χ0n) is 14.6. The number of aromatic nitrogens is 4. The molecule has 3 aromatic carbocycles. The molecule has 8 nitrogen and oxygen atoms in total. The zero-order chi connectivity index (χ0) is 19.1. The molecule has 5 rings (SSSR count). The van der Waals surface area contributed by atoms with Gasteiger partial charge in [0.05, 0.1) is 11.4 Å². The van der Waals surface area contributed by atoms with Crippen LogP contribution in [-0.4, -0.2) is 62.0 Å². The molecule has 29 heavy (non-hydrogen) atoms. The van der Waals surface area contributed by atoms with E-state index in [9.17, 15) is 9.59 Å². The molecule has 4 aromatic rings. The first-order chi connectivity index (χ1) is 13.7. The summed E-state index contributed by atoms with van der Waals surface area (Å²) in [5.74, 6) is -0.142. The van der Waals surface area contributed by atoms with Crippen LogP contribution in [0, 0.1) is 0 Å². The van der Waals surface area contributed by atoms with Gasteiger partial charge in [-0.1, -0.05) is 42.5 Å². The zero-order valence-corrected chi connectivity index (χ0v) is 14.6. The number of aromatic amines is 1. The van der Waals surface area contributed by atoms with Crippen LogP contribution < -0.4 is 10.2 Å². The summed E-state index contributed by atoms with van der Waals surface area (Å²) in [5, 5.41) is 18.6. The first kappa shape index (κ1) is 19.3. The van der Waals surface area contributed by atoms with Crippen molar-refractivity contribution < 1.29 is 9.59 Å². The molecule has 1 aromatic heterocycles. The van der Waals surface area contributed by atoms with E-state index in [1.807, 2.05) is 60.7 Å². The average Bonchev–Trinajstić information content (AvgIpc) is 3.20. The van der Waals surface area contributed by atoms with Crippen molar-refractivity contribution in [1.82, 2.24) is 20.6 Å². The number of hydrogen-bond donors (Lipinski definition) is 2. The molecule has 0 fully saturated rings. The van der Waals surface area contributed by atoms with Crippen LogP contribution >= 0.6 is 0 Å². The van der Waals surface area contributed by atoms with Gasteiger partial charge in [-0.2, -0.15) is 0 Å². The maximum atomic E-state index is 12.9. The van der Waals surface area contributed by atoms with Gasteiger partial charge in [0.2, 0.25) is 11.8 Å². The summed E-state index contributed by atoms with van der Waals surface area (Å²) in [6.45, 7) is 0. The van der Waals surface area contributed by atoms with Gasteiger partial charge in [-0.25, -0.2) is 5.10 Å². The van der Waals surface area contributed by atoms with Gasteiger partial charge in [0.1, 0.15) is 6.42 Å². The van der Waals surface area contributed by atoms with Crippen molar-refractivity contribution in [2.24, 2.45) is 0 Å². The number of carbonyl (C=O) groups excluding carboxylic acids is 2. The second kappa shape index (κ2) is 7.75. The van der Waals surface area contributed by atoms with Crippen LogP contribution in [0.3, 0.4) is 0 Å². The van der Waals surface area contributed by atoms with Gasteiger partial charge >= 0.3 is 29.6 Å². The molecule has 2 N–H and O–H groups in total. The van der Waals surface area contributed by atoms with Crippen molar-refractivity contribution in [3.8, 4) is 11.4 Å². The fourth-order valence-electron chi connectivity index (χ4n) is 3.47. The molecule has 0 saturated carbocycles. The van der Waals surface area contributed by atoms with E-state index in [2.05, 4.69) is 25.9 Å². The van der Waals surface area contributed by atoms with Gasteiger partial charge in [0.15, 0.2) is 5.82 Å². The minimum absolute atomic E-state index is 0. The number of anilines is 3. The number of fused-ring (bicyclic) bond motifs is 3. The number of H-pyrrole nitrogens is 1. The summed E-state index contributed by atoms with van der Waals surface area (Å²) in [4.78, 5) is 26.8. The summed E-state index contributed by atoms with van der Waals surface area (Å²) < 4.78 is 0. The molecule has 1 aliphatic heterocycles. The van der Waals surface area contributed by atoms with Gasteiger partial charge in [0.25, 0.3) is 0 Å². The van der Waals surface area contributed by atoms with Crippen molar-refractivity contribution in [1.29, 1.82) is 0 Å². The van der Waals surface area contributed by atoms with E-state index < -0.39 is 0 Å². The van der Waals surface area contributed by atoms with Crippen LogP contribution in [0.25, 0.3) is 22.2 Å². The molecule has 0 spiro atoms. The average molecular weight is 394 g/mol. The number of nitrogens with one attached hydrogen (secondary N) is 2. The number of carbonyl (C=O) groups is 2. The van der Waals surface area contributed by atoms with E-state index in [0.717, 1.165) is 16.3 Å². The van der Waals surface area contributed by atoms with Gasteiger partial charge in [-0.3, -0.25) is 14.5 Å².